The fourth-order valence-electron chi connectivity index (χ4n) is 3.82. The largest absolute Gasteiger partial charge is 0.482 e. The molecule has 1 aliphatic heterocycles. The summed E-state index contributed by atoms with van der Waals surface area (Å²) in [5, 5.41) is 2.93. The summed E-state index contributed by atoms with van der Waals surface area (Å²) < 4.78 is 19.2. The van der Waals surface area contributed by atoms with Gasteiger partial charge in [0.15, 0.2) is 18.2 Å². The molecule has 9 heteroatoms. The van der Waals surface area contributed by atoms with Gasteiger partial charge in [-0.3, -0.25) is 9.78 Å². The maximum absolute atomic E-state index is 13.9. The Bertz CT molecular complexity index is 813. The first kappa shape index (κ1) is 17.9. The van der Waals surface area contributed by atoms with Crippen LogP contribution in [-0.2, 0) is 4.79 Å². The van der Waals surface area contributed by atoms with Crippen molar-refractivity contribution in [3.63, 3.8) is 0 Å². The van der Waals surface area contributed by atoms with Crippen LogP contribution < -0.4 is 15.0 Å². The van der Waals surface area contributed by atoms with Crippen LogP contribution in [0.2, 0.25) is 5.28 Å². The van der Waals surface area contributed by atoms with E-state index in [1.807, 2.05) is 4.90 Å². The summed E-state index contributed by atoms with van der Waals surface area (Å²) in [5.41, 5.74) is 0. The average molecular weight is 392 g/mol. The third-order valence-electron chi connectivity index (χ3n) is 5.17. The van der Waals surface area contributed by atoms with Crippen molar-refractivity contribution in [1.82, 2.24) is 20.3 Å². The topological polar surface area (TPSA) is 80.2 Å². The van der Waals surface area contributed by atoms with Crippen LogP contribution in [0, 0.1) is 23.6 Å². The van der Waals surface area contributed by atoms with E-state index >= 15 is 0 Å². The molecular weight excluding hydrogens is 373 g/mol. The highest BCUT2D eigenvalue weighted by atomic mass is 35.5. The number of piperidine rings is 1. The lowest BCUT2D eigenvalue weighted by atomic mass is 10.2. The van der Waals surface area contributed by atoms with Gasteiger partial charge in [-0.1, -0.05) is 0 Å². The first-order valence-electron chi connectivity index (χ1n) is 8.84. The molecule has 2 aliphatic rings. The van der Waals surface area contributed by atoms with Gasteiger partial charge in [-0.15, -0.1) is 0 Å². The predicted molar refractivity (Wildman–Crippen MR) is 97.0 cm³/mol. The van der Waals surface area contributed by atoms with E-state index in [-0.39, 0.29) is 23.6 Å². The molecule has 0 spiro atoms. The number of nitrogens with one attached hydrogen (secondary N) is 1. The number of aromatic nitrogens is 3. The number of carbonyl (C=O) groups is 1. The zero-order valence-corrected chi connectivity index (χ0v) is 15.3. The summed E-state index contributed by atoms with van der Waals surface area (Å²) in [5.74, 6) is 1.84. The number of hydrogen-bond acceptors (Lipinski definition) is 6. The lowest BCUT2D eigenvalue weighted by Gasteiger charge is -2.21. The highest BCUT2D eigenvalue weighted by molar-refractivity contribution is 6.28. The van der Waals surface area contributed by atoms with Crippen molar-refractivity contribution in [3.8, 4) is 5.75 Å². The second-order valence-electron chi connectivity index (χ2n) is 6.82. The molecular formula is C18H19ClFN5O2. The van der Waals surface area contributed by atoms with Gasteiger partial charge in [-0.2, -0.15) is 4.98 Å². The van der Waals surface area contributed by atoms with Gasteiger partial charge in [0, 0.05) is 25.8 Å². The van der Waals surface area contributed by atoms with Crippen LogP contribution in [0.3, 0.4) is 0 Å². The number of amides is 1. The Hall–Kier alpha value is -2.48. The van der Waals surface area contributed by atoms with Gasteiger partial charge in [-0.05, 0) is 47.9 Å². The Balaban J connectivity index is 1.16. The van der Waals surface area contributed by atoms with E-state index in [1.165, 1.54) is 0 Å². The third-order valence-corrected chi connectivity index (χ3v) is 5.35. The molecule has 1 saturated heterocycles. The summed E-state index contributed by atoms with van der Waals surface area (Å²) >= 11 is 5.77. The van der Waals surface area contributed by atoms with Crippen LogP contribution in [0.1, 0.15) is 6.42 Å². The molecule has 0 bridgehead atoms. The number of hydrogen-bond donors (Lipinski definition) is 1. The Morgan fingerprint density at radius 2 is 2.19 bits per heavy atom. The van der Waals surface area contributed by atoms with E-state index < -0.39 is 5.82 Å². The van der Waals surface area contributed by atoms with Crippen molar-refractivity contribution in [1.29, 1.82) is 0 Å². The van der Waals surface area contributed by atoms with Crippen LogP contribution in [0.15, 0.2) is 30.7 Å². The lowest BCUT2D eigenvalue weighted by molar-refractivity contribution is -0.123. The van der Waals surface area contributed by atoms with E-state index in [2.05, 4.69) is 20.3 Å². The highest BCUT2D eigenvalue weighted by Crippen LogP contribution is 2.54. The minimum absolute atomic E-state index is 0.0231. The SMILES string of the molecule is O=C(COc1cccnc1)NCCC1C2CN(c3nc(Cl)ncc3F)CC12. The van der Waals surface area contributed by atoms with E-state index in [0.29, 0.717) is 30.0 Å². The van der Waals surface area contributed by atoms with Crippen LogP contribution >= 0.6 is 11.6 Å². The molecule has 2 unspecified atom stereocenters. The second-order valence-corrected chi connectivity index (χ2v) is 7.16. The minimum atomic E-state index is -0.446. The summed E-state index contributed by atoms with van der Waals surface area (Å²) in [6.45, 7) is 2.11. The second kappa shape index (κ2) is 7.64. The molecule has 3 heterocycles. The van der Waals surface area contributed by atoms with Gasteiger partial charge >= 0.3 is 0 Å². The smallest absolute Gasteiger partial charge is 0.257 e. The number of rotatable bonds is 7. The number of anilines is 1. The van der Waals surface area contributed by atoms with Crippen molar-refractivity contribution >= 4 is 23.3 Å². The Kier molecular flexibility index (Phi) is 5.07. The Morgan fingerprint density at radius 1 is 1.37 bits per heavy atom. The molecule has 1 aliphatic carbocycles. The normalized spacial score (nSPS) is 23.0. The van der Waals surface area contributed by atoms with E-state index in [0.717, 1.165) is 25.7 Å². The first-order valence-corrected chi connectivity index (χ1v) is 9.22. The summed E-state index contributed by atoms with van der Waals surface area (Å²) in [7, 11) is 0. The third kappa shape index (κ3) is 4.10. The number of carbonyl (C=O) groups excluding carboxylic acids is 1. The molecule has 1 N–H and O–H groups in total. The quantitative estimate of drug-likeness (QED) is 0.726. The zero-order valence-electron chi connectivity index (χ0n) is 14.5. The fraction of sp³-hybridized carbons (Fsp3) is 0.444. The van der Waals surface area contributed by atoms with Crippen LogP contribution in [0.4, 0.5) is 10.2 Å². The molecule has 2 aromatic heterocycles. The zero-order chi connectivity index (χ0) is 18.8. The highest BCUT2D eigenvalue weighted by Gasteiger charge is 2.55. The number of pyridine rings is 1. The van der Waals surface area contributed by atoms with Crippen LogP contribution in [0.25, 0.3) is 0 Å². The molecule has 2 fully saturated rings. The average Bonchev–Trinajstić information content (AvgIpc) is 3.12. The molecule has 7 nitrogen and oxygen atoms in total. The molecule has 4 rings (SSSR count). The van der Waals surface area contributed by atoms with Gasteiger partial charge in [0.25, 0.3) is 5.91 Å². The van der Waals surface area contributed by atoms with E-state index in [4.69, 9.17) is 16.3 Å². The summed E-state index contributed by atoms with van der Waals surface area (Å²) in [6, 6.07) is 3.51. The molecule has 2 aromatic rings. The molecule has 1 amide bonds. The number of ether oxygens (including phenoxy) is 1. The number of fused-ring (bicyclic) bond motifs is 1. The first-order chi connectivity index (χ1) is 13.1. The Labute approximate surface area is 160 Å². The predicted octanol–water partition coefficient (Wildman–Crippen LogP) is 1.93. The van der Waals surface area contributed by atoms with E-state index in [1.54, 1.807) is 24.5 Å². The maximum atomic E-state index is 13.9. The van der Waals surface area contributed by atoms with Crippen molar-refractivity contribution in [2.45, 2.75) is 6.42 Å². The summed E-state index contributed by atoms with van der Waals surface area (Å²) in [6.07, 6.45) is 5.23. The molecule has 0 radical (unpaired) electrons. The van der Waals surface area contributed by atoms with Gasteiger partial charge in [0.05, 0.1) is 12.4 Å². The van der Waals surface area contributed by atoms with Gasteiger partial charge in [0.1, 0.15) is 5.75 Å². The summed E-state index contributed by atoms with van der Waals surface area (Å²) in [4.78, 5) is 25.3. The van der Waals surface area contributed by atoms with Gasteiger partial charge < -0.3 is 15.0 Å². The standard InChI is InChI=1S/C18H19ClFN5O2/c19-18-23-7-15(20)17(24-18)25-8-13-12(14(13)9-25)3-5-22-16(26)10-27-11-2-1-4-21-6-11/h1-2,4,6-7,12-14H,3,5,8-10H2,(H,22,26). The molecule has 2 atom stereocenters. The number of halogens is 2. The van der Waals surface area contributed by atoms with Crippen molar-refractivity contribution in [3.05, 3.63) is 41.8 Å². The molecule has 142 valence electrons. The van der Waals surface area contributed by atoms with Gasteiger partial charge in [0.2, 0.25) is 5.28 Å². The lowest BCUT2D eigenvalue weighted by Crippen LogP contribution is -2.31. The van der Waals surface area contributed by atoms with Crippen LogP contribution in [-0.4, -0.2) is 47.1 Å². The minimum Gasteiger partial charge on any atom is -0.482 e. The van der Waals surface area contributed by atoms with Crippen molar-refractivity contribution < 1.29 is 13.9 Å². The maximum Gasteiger partial charge on any atom is 0.257 e. The fourth-order valence-corrected chi connectivity index (χ4v) is 3.95. The monoisotopic (exact) mass is 391 g/mol. The molecule has 27 heavy (non-hydrogen) atoms. The molecule has 1 saturated carbocycles. The van der Waals surface area contributed by atoms with Crippen LogP contribution in [0.5, 0.6) is 5.75 Å². The molecule has 0 aromatic carbocycles. The van der Waals surface area contributed by atoms with Gasteiger partial charge in [-0.25, -0.2) is 9.37 Å². The Morgan fingerprint density at radius 3 is 2.93 bits per heavy atom. The van der Waals surface area contributed by atoms with Crippen molar-refractivity contribution in [2.75, 3.05) is 31.1 Å². The number of nitrogens with zero attached hydrogens (tertiary/aromatic N) is 4. The van der Waals surface area contributed by atoms with E-state index in [9.17, 15) is 9.18 Å². The van der Waals surface area contributed by atoms with Crippen molar-refractivity contribution in [2.24, 2.45) is 17.8 Å².